The highest BCUT2D eigenvalue weighted by atomic mass is 32.2. The van der Waals surface area contributed by atoms with Crippen molar-refractivity contribution in [2.75, 3.05) is 6.54 Å². The number of rotatable bonds is 5. The van der Waals surface area contributed by atoms with Crippen molar-refractivity contribution in [3.05, 3.63) is 35.9 Å². The van der Waals surface area contributed by atoms with Crippen LogP contribution in [0.2, 0.25) is 0 Å². The highest BCUT2D eigenvalue weighted by molar-refractivity contribution is 7.74. The van der Waals surface area contributed by atoms with Crippen LogP contribution in [0.3, 0.4) is 0 Å². The Labute approximate surface area is 79.4 Å². The van der Waals surface area contributed by atoms with Gasteiger partial charge in [0, 0.05) is 6.54 Å². The molecule has 0 bridgehead atoms. The zero-order valence-corrected chi connectivity index (χ0v) is 7.75. The lowest BCUT2D eigenvalue weighted by Crippen LogP contribution is -2.18. The number of hydrogen-bond donors (Lipinski definition) is 1. The van der Waals surface area contributed by atoms with Crippen LogP contribution in [0.5, 0.6) is 0 Å². The molecule has 1 atom stereocenters. The summed E-state index contributed by atoms with van der Waals surface area (Å²) in [7, 11) is 0. The zero-order chi connectivity index (χ0) is 9.52. The summed E-state index contributed by atoms with van der Waals surface area (Å²) in [6.07, 6.45) is 0.734. The van der Waals surface area contributed by atoms with Gasteiger partial charge in [0.1, 0.15) is 11.4 Å². The molecule has 0 amide bonds. The van der Waals surface area contributed by atoms with Gasteiger partial charge < -0.3 is 4.55 Å². The molecule has 0 fully saturated rings. The van der Waals surface area contributed by atoms with E-state index in [1.165, 1.54) is 0 Å². The predicted molar refractivity (Wildman–Crippen MR) is 48.2 cm³/mol. The molecule has 0 saturated carbocycles. The minimum atomic E-state index is -2.48. The Hall–Kier alpha value is -0.750. The Morgan fingerprint density at radius 2 is 2.08 bits per heavy atom. The lowest BCUT2D eigenvalue weighted by molar-refractivity contribution is 0.196. The van der Waals surface area contributed by atoms with Crippen LogP contribution in [-0.2, 0) is 22.1 Å². The monoisotopic (exact) mass is 200 g/mol. The van der Waals surface area contributed by atoms with E-state index in [1.54, 1.807) is 0 Å². The molecular formula is C8H10NO3S-. The van der Waals surface area contributed by atoms with E-state index >= 15 is 0 Å². The number of hydroxylamine groups is 1. The van der Waals surface area contributed by atoms with Crippen LogP contribution in [0.1, 0.15) is 5.56 Å². The molecule has 0 aliphatic rings. The highest BCUT2D eigenvalue weighted by Crippen LogP contribution is 1.97. The second-order valence-electron chi connectivity index (χ2n) is 2.42. The molecule has 1 unspecified atom stereocenters. The van der Waals surface area contributed by atoms with Crippen molar-refractivity contribution in [2.24, 2.45) is 0 Å². The maximum Gasteiger partial charge on any atom is 0.105 e. The molecule has 0 aliphatic heterocycles. The van der Waals surface area contributed by atoms with Crippen LogP contribution in [0.15, 0.2) is 30.3 Å². The van der Waals surface area contributed by atoms with Gasteiger partial charge in [-0.15, -0.1) is 0 Å². The Balaban J connectivity index is 2.17. The van der Waals surface area contributed by atoms with E-state index in [9.17, 15) is 8.76 Å². The standard InChI is InChI=1S/C8H11NO3S/c10-13(11)12-9-7-6-8-4-2-1-3-5-8/h1-5,9H,6-7H2,(H,10,11)/p-1. The van der Waals surface area contributed by atoms with Crippen molar-refractivity contribution in [3.8, 4) is 0 Å². The first-order valence-corrected chi connectivity index (χ1v) is 4.82. The molecule has 13 heavy (non-hydrogen) atoms. The lowest BCUT2D eigenvalue weighted by Gasteiger charge is -2.06. The SMILES string of the molecule is O=S([O-])ONCCc1ccccc1. The molecule has 1 rings (SSSR count). The zero-order valence-electron chi connectivity index (χ0n) is 6.93. The normalized spacial score (nSPS) is 12.7. The smallest absolute Gasteiger partial charge is 0.105 e. The number of hydrogen-bond acceptors (Lipinski definition) is 4. The van der Waals surface area contributed by atoms with Gasteiger partial charge in [-0.25, -0.2) is 8.49 Å². The molecule has 72 valence electrons. The Morgan fingerprint density at radius 3 is 2.69 bits per heavy atom. The third kappa shape index (κ3) is 4.74. The fourth-order valence-electron chi connectivity index (χ4n) is 0.930. The van der Waals surface area contributed by atoms with Gasteiger partial charge in [-0.3, -0.25) is 0 Å². The first-order chi connectivity index (χ1) is 6.29. The van der Waals surface area contributed by atoms with Gasteiger partial charge in [0.05, 0.1) is 0 Å². The second kappa shape index (κ2) is 5.82. The van der Waals surface area contributed by atoms with Crippen LogP contribution in [0.25, 0.3) is 0 Å². The molecular weight excluding hydrogens is 190 g/mol. The molecule has 0 spiro atoms. The first-order valence-electron chi connectivity index (χ1n) is 3.82. The third-order valence-corrected chi connectivity index (χ3v) is 1.74. The van der Waals surface area contributed by atoms with Gasteiger partial charge >= 0.3 is 0 Å². The van der Waals surface area contributed by atoms with Crippen molar-refractivity contribution >= 4 is 11.4 Å². The molecule has 0 saturated heterocycles. The molecule has 0 aromatic heterocycles. The Kier molecular flexibility index (Phi) is 4.63. The number of nitrogens with one attached hydrogen (secondary N) is 1. The number of benzene rings is 1. The average molecular weight is 200 g/mol. The van der Waals surface area contributed by atoms with Crippen molar-refractivity contribution in [2.45, 2.75) is 6.42 Å². The minimum absolute atomic E-state index is 0.470. The van der Waals surface area contributed by atoms with Gasteiger partial charge in [0.25, 0.3) is 0 Å². The summed E-state index contributed by atoms with van der Waals surface area (Å²) >= 11 is -2.48. The van der Waals surface area contributed by atoms with E-state index < -0.39 is 11.4 Å². The van der Waals surface area contributed by atoms with Crippen molar-refractivity contribution in [1.29, 1.82) is 0 Å². The summed E-state index contributed by atoms with van der Waals surface area (Å²) in [4.78, 5) is 0. The Morgan fingerprint density at radius 1 is 1.38 bits per heavy atom. The summed E-state index contributed by atoms with van der Waals surface area (Å²) in [6, 6.07) is 9.73. The summed E-state index contributed by atoms with van der Waals surface area (Å²) in [5, 5.41) is 0. The van der Waals surface area contributed by atoms with Crippen LogP contribution < -0.4 is 5.48 Å². The third-order valence-electron chi connectivity index (χ3n) is 1.49. The predicted octanol–water partition coefficient (Wildman–Crippen LogP) is 0.544. The quantitative estimate of drug-likeness (QED) is 0.428. The molecule has 0 heterocycles. The van der Waals surface area contributed by atoms with Gasteiger partial charge in [0.2, 0.25) is 0 Å². The van der Waals surface area contributed by atoms with E-state index in [0.29, 0.717) is 6.54 Å². The first kappa shape index (κ1) is 10.3. The molecule has 1 N–H and O–H groups in total. The average Bonchev–Trinajstić information content (AvgIpc) is 2.14. The van der Waals surface area contributed by atoms with Crippen molar-refractivity contribution in [1.82, 2.24) is 5.48 Å². The summed E-state index contributed by atoms with van der Waals surface area (Å²) < 4.78 is 24.0. The fourth-order valence-corrected chi connectivity index (χ4v) is 1.11. The van der Waals surface area contributed by atoms with E-state index in [2.05, 4.69) is 9.76 Å². The van der Waals surface area contributed by atoms with E-state index in [0.717, 1.165) is 12.0 Å². The van der Waals surface area contributed by atoms with E-state index in [4.69, 9.17) is 0 Å². The summed E-state index contributed by atoms with van der Waals surface area (Å²) in [5.74, 6) is 0. The van der Waals surface area contributed by atoms with Gasteiger partial charge in [-0.05, 0) is 12.0 Å². The van der Waals surface area contributed by atoms with Crippen molar-refractivity contribution < 1.29 is 13.0 Å². The van der Waals surface area contributed by atoms with Crippen molar-refractivity contribution in [3.63, 3.8) is 0 Å². The Bertz CT molecular complexity index is 265. The highest BCUT2D eigenvalue weighted by Gasteiger charge is 1.90. The minimum Gasteiger partial charge on any atom is -0.748 e. The van der Waals surface area contributed by atoms with Crippen LogP contribution in [0, 0.1) is 0 Å². The van der Waals surface area contributed by atoms with E-state index in [1.807, 2.05) is 30.3 Å². The fraction of sp³-hybridized carbons (Fsp3) is 0.250. The maximum absolute atomic E-state index is 9.93. The van der Waals surface area contributed by atoms with Gasteiger partial charge in [-0.1, -0.05) is 30.3 Å². The lowest BCUT2D eigenvalue weighted by atomic mass is 10.2. The molecule has 1 aromatic rings. The second-order valence-corrected chi connectivity index (χ2v) is 2.99. The topological polar surface area (TPSA) is 61.4 Å². The molecule has 0 radical (unpaired) electrons. The summed E-state index contributed by atoms with van der Waals surface area (Å²) in [5.41, 5.74) is 3.46. The van der Waals surface area contributed by atoms with Gasteiger partial charge in [0.15, 0.2) is 0 Å². The molecule has 0 aliphatic carbocycles. The van der Waals surface area contributed by atoms with E-state index in [-0.39, 0.29) is 0 Å². The van der Waals surface area contributed by atoms with Crippen LogP contribution >= 0.6 is 0 Å². The molecule has 1 aromatic carbocycles. The molecule has 4 nitrogen and oxygen atoms in total. The largest absolute Gasteiger partial charge is 0.748 e. The summed E-state index contributed by atoms with van der Waals surface area (Å²) in [6.45, 7) is 0.470. The molecule has 5 heteroatoms. The van der Waals surface area contributed by atoms with Crippen LogP contribution in [0.4, 0.5) is 0 Å². The maximum atomic E-state index is 9.93. The van der Waals surface area contributed by atoms with Gasteiger partial charge in [-0.2, -0.15) is 5.48 Å². The van der Waals surface area contributed by atoms with Crippen LogP contribution in [-0.4, -0.2) is 15.3 Å².